The van der Waals surface area contributed by atoms with Crippen molar-refractivity contribution in [2.45, 2.75) is 25.5 Å². The predicted octanol–water partition coefficient (Wildman–Crippen LogP) is 3.48. The summed E-state index contributed by atoms with van der Waals surface area (Å²) in [6, 6.07) is 15.4. The number of amides is 1. The highest BCUT2D eigenvalue weighted by Gasteiger charge is 2.28. The minimum Gasteiger partial charge on any atom is -0.322 e. The van der Waals surface area contributed by atoms with Crippen molar-refractivity contribution in [3.05, 3.63) is 60.2 Å². The Morgan fingerprint density at radius 3 is 1.96 bits per heavy atom. The Labute approximate surface area is 136 Å². The number of carbonyl (C=O) groups excluding carboxylic acids is 1. The highest BCUT2D eigenvalue weighted by molar-refractivity contribution is 7.94. The number of carbonyl (C=O) groups is 1. The van der Waals surface area contributed by atoms with E-state index in [1.54, 1.807) is 57.2 Å². The number of sulfonamides is 1. The van der Waals surface area contributed by atoms with Gasteiger partial charge in [0.25, 0.3) is 5.91 Å². The number of hydrogen-bond acceptors (Lipinski definition) is 3. The van der Waals surface area contributed by atoms with E-state index in [4.69, 9.17) is 0 Å². The van der Waals surface area contributed by atoms with Crippen LogP contribution < -0.4 is 10.0 Å². The standard InChI is InChI=1S/C17H20N2O3S/c1-17(2,3)23(21,22)19-15-11-9-13(10-12-15)16(20)18-14-7-5-4-6-8-14/h4-12,19H,1-3H3,(H,18,20). The van der Waals surface area contributed by atoms with E-state index in [0.717, 1.165) is 0 Å². The smallest absolute Gasteiger partial charge is 0.255 e. The molecule has 0 aliphatic heterocycles. The van der Waals surface area contributed by atoms with Gasteiger partial charge >= 0.3 is 0 Å². The maximum atomic E-state index is 12.1. The quantitative estimate of drug-likeness (QED) is 0.900. The summed E-state index contributed by atoms with van der Waals surface area (Å²) in [6.45, 7) is 4.87. The molecule has 23 heavy (non-hydrogen) atoms. The second-order valence-corrected chi connectivity index (χ2v) is 8.55. The summed E-state index contributed by atoms with van der Waals surface area (Å²) < 4.78 is 25.8. The summed E-state index contributed by atoms with van der Waals surface area (Å²) in [5.74, 6) is -0.249. The van der Waals surface area contributed by atoms with Crippen LogP contribution in [0.15, 0.2) is 54.6 Å². The molecular weight excluding hydrogens is 312 g/mol. The number of para-hydroxylation sites is 1. The molecule has 0 atom stereocenters. The zero-order chi connectivity index (χ0) is 17.1. The van der Waals surface area contributed by atoms with Gasteiger partial charge in [0.05, 0.1) is 4.75 Å². The molecule has 122 valence electrons. The van der Waals surface area contributed by atoms with Crippen molar-refractivity contribution in [2.75, 3.05) is 10.0 Å². The highest BCUT2D eigenvalue weighted by atomic mass is 32.2. The van der Waals surface area contributed by atoms with E-state index >= 15 is 0 Å². The second kappa shape index (κ2) is 6.42. The summed E-state index contributed by atoms with van der Waals surface area (Å²) in [4.78, 5) is 12.1. The monoisotopic (exact) mass is 332 g/mol. The van der Waals surface area contributed by atoms with Gasteiger partial charge in [0.2, 0.25) is 10.0 Å². The summed E-state index contributed by atoms with van der Waals surface area (Å²) in [7, 11) is -3.48. The molecule has 1 amide bonds. The van der Waals surface area contributed by atoms with Crippen LogP contribution >= 0.6 is 0 Å². The van der Waals surface area contributed by atoms with Crippen LogP contribution in [-0.2, 0) is 10.0 Å². The SMILES string of the molecule is CC(C)(C)S(=O)(=O)Nc1ccc(C(=O)Nc2ccccc2)cc1. The van der Waals surface area contributed by atoms with Crippen LogP contribution in [-0.4, -0.2) is 19.1 Å². The summed E-state index contributed by atoms with van der Waals surface area (Å²) in [5.41, 5.74) is 1.58. The van der Waals surface area contributed by atoms with Crippen molar-refractivity contribution >= 4 is 27.3 Å². The van der Waals surface area contributed by atoms with Crippen molar-refractivity contribution in [1.82, 2.24) is 0 Å². The molecule has 0 saturated heterocycles. The van der Waals surface area contributed by atoms with E-state index in [1.165, 1.54) is 0 Å². The Kier molecular flexibility index (Phi) is 4.75. The van der Waals surface area contributed by atoms with Crippen LogP contribution in [0, 0.1) is 0 Å². The lowest BCUT2D eigenvalue weighted by molar-refractivity contribution is 0.102. The molecule has 2 aromatic carbocycles. The Hall–Kier alpha value is -2.34. The zero-order valence-electron chi connectivity index (χ0n) is 13.3. The van der Waals surface area contributed by atoms with Gasteiger partial charge in [-0.3, -0.25) is 9.52 Å². The van der Waals surface area contributed by atoms with Crippen molar-refractivity contribution in [1.29, 1.82) is 0 Å². The van der Waals surface area contributed by atoms with Gasteiger partial charge in [-0.05, 0) is 57.2 Å². The lowest BCUT2D eigenvalue weighted by Gasteiger charge is -2.20. The fourth-order valence-electron chi connectivity index (χ4n) is 1.72. The number of anilines is 2. The van der Waals surface area contributed by atoms with Gasteiger partial charge in [0.1, 0.15) is 0 Å². The van der Waals surface area contributed by atoms with Gasteiger partial charge in [-0.25, -0.2) is 8.42 Å². The van der Waals surface area contributed by atoms with Crippen LogP contribution in [0.25, 0.3) is 0 Å². The van der Waals surface area contributed by atoms with Crippen LogP contribution in [0.2, 0.25) is 0 Å². The minimum absolute atomic E-state index is 0.249. The zero-order valence-corrected chi connectivity index (χ0v) is 14.1. The number of nitrogens with one attached hydrogen (secondary N) is 2. The molecule has 0 spiro atoms. The Morgan fingerprint density at radius 2 is 1.43 bits per heavy atom. The minimum atomic E-state index is -3.48. The average molecular weight is 332 g/mol. The normalized spacial score (nSPS) is 11.8. The first kappa shape index (κ1) is 17.0. The molecule has 0 heterocycles. The van der Waals surface area contributed by atoms with Crippen molar-refractivity contribution < 1.29 is 13.2 Å². The molecule has 0 aromatic heterocycles. The first-order valence-electron chi connectivity index (χ1n) is 7.18. The number of rotatable bonds is 4. The molecule has 2 aromatic rings. The molecule has 0 saturated carbocycles. The molecule has 0 aliphatic rings. The average Bonchev–Trinajstić information content (AvgIpc) is 2.47. The molecule has 0 radical (unpaired) electrons. The molecule has 0 unspecified atom stereocenters. The van der Waals surface area contributed by atoms with E-state index in [0.29, 0.717) is 16.9 Å². The van der Waals surface area contributed by atoms with Crippen molar-refractivity contribution in [3.8, 4) is 0 Å². The lowest BCUT2D eigenvalue weighted by Crippen LogP contribution is -2.33. The maximum Gasteiger partial charge on any atom is 0.255 e. The van der Waals surface area contributed by atoms with E-state index in [2.05, 4.69) is 10.0 Å². The number of benzene rings is 2. The molecule has 5 nitrogen and oxygen atoms in total. The van der Waals surface area contributed by atoms with E-state index < -0.39 is 14.8 Å². The topological polar surface area (TPSA) is 75.3 Å². The van der Waals surface area contributed by atoms with E-state index in [9.17, 15) is 13.2 Å². The molecular formula is C17H20N2O3S. The predicted molar refractivity (Wildman–Crippen MR) is 93.1 cm³/mol. The highest BCUT2D eigenvalue weighted by Crippen LogP contribution is 2.20. The molecule has 2 rings (SSSR count). The first-order chi connectivity index (χ1) is 10.7. The van der Waals surface area contributed by atoms with Gasteiger partial charge < -0.3 is 5.32 Å². The second-order valence-electron chi connectivity index (χ2n) is 6.12. The maximum absolute atomic E-state index is 12.1. The molecule has 0 aliphatic carbocycles. The third-order valence-electron chi connectivity index (χ3n) is 3.24. The van der Waals surface area contributed by atoms with Gasteiger partial charge in [-0.1, -0.05) is 18.2 Å². The molecule has 2 N–H and O–H groups in total. The fourth-order valence-corrected chi connectivity index (χ4v) is 2.48. The number of hydrogen-bond donors (Lipinski definition) is 2. The molecule has 0 fully saturated rings. The largest absolute Gasteiger partial charge is 0.322 e. The van der Waals surface area contributed by atoms with E-state index in [-0.39, 0.29) is 5.91 Å². The van der Waals surface area contributed by atoms with Crippen LogP contribution in [0.1, 0.15) is 31.1 Å². The van der Waals surface area contributed by atoms with Crippen molar-refractivity contribution in [3.63, 3.8) is 0 Å². The summed E-state index contributed by atoms with van der Waals surface area (Å²) >= 11 is 0. The first-order valence-corrected chi connectivity index (χ1v) is 8.66. The van der Waals surface area contributed by atoms with Crippen LogP contribution in [0.4, 0.5) is 11.4 Å². The third-order valence-corrected chi connectivity index (χ3v) is 5.35. The van der Waals surface area contributed by atoms with Gasteiger partial charge in [0.15, 0.2) is 0 Å². The third kappa shape index (κ3) is 4.32. The fraction of sp³-hybridized carbons (Fsp3) is 0.235. The van der Waals surface area contributed by atoms with E-state index in [1.807, 2.05) is 18.2 Å². The Morgan fingerprint density at radius 1 is 0.870 bits per heavy atom. The van der Waals surface area contributed by atoms with Gasteiger partial charge in [-0.2, -0.15) is 0 Å². The van der Waals surface area contributed by atoms with Crippen LogP contribution in [0.3, 0.4) is 0 Å². The lowest BCUT2D eigenvalue weighted by atomic mass is 10.2. The summed E-state index contributed by atoms with van der Waals surface area (Å²) in [6.07, 6.45) is 0. The molecule has 0 bridgehead atoms. The Bertz CT molecular complexity index is 777. The van der Waals surface area contributed by atoms with Crippen LogP contribution in [0.5, 0.6) is 0 Å². The van der Waals surface area contributed by atoms with Crippen molar-refractivity contribution in [2.24, 2.45) is 0 Å². The Balaban J connectivity index is 2.09. The molecule has 6 heteroatoms. The van der Waals surface area contributed by atoms with Gasteiger partial charge in [-0.15, -0.1) is 0 Å². The van der Waals surface area contributed by atoms with Gasteiger partial charge in [0, 0.05) is 16.9 Å². The summed E-state index contributed by atoms with van der Waals surface area (Å²) in [5, 5.41) is 2.77.